The Kier molecular flexibility index (Phi) is 4.12. The summed E-state index contributed by atoms with van der Waals surface area (Å²) in [4.78, 5) is 13.3. The molecule has 0 aliphatic carbocycles. The highest BCUT2D eigenvalue weighted by Crippen LogP contribution is 1.67. The Morgan fingerprint density at radius 1 is 1.78 bits per heavy atom. The van der Waals surface area contributed by atoms with Gasteiger partial charge in [0.1, 0.15) is 6.54 Å². The first kappa shape index (κ1) is 7.68. The van der Waals surface area contributed by atoms with E-state index in [9.17, 15) is 4.79 Å². The third-order valence-corrected chi connectivity index (χ3v) is 0.529. The summed E-state index contributed by atoms with van der Waals surface area (Å²) in [6, 6.07) is 0. The van der Waals surface area contributed by atoms with Crippen molar-refractivity contribution < 1.29 is 9.90 Å². The summed E-state index contributed by atoms with van der Waals surface area (Å²) in [5.41, 5.74) is 4.93. The minimum absolute atomic E-state index is 0.204. The molecule has 0 spiro atoms. The molecular weight excluding hydrogens is 120 g/mol. The number of nitrogens with two attached hydrogens (primary N) is 1. The molecule has 0 atom stereocenters. The zero-order valence-corrected chi connectivity index (χ0v) is 4.82. The van der Waals surface area contributed by atoms with Crippen molar-refractivity contribution in [3.63, 3.8) is 0 Å². The number of carboxylic acids is 1. The van der Waals surface area contributed by atoms with Gasteiger partial charge in [-0.2, -0.15) is 0 Å². The summed E-state index contributed by atoms with van der Waals surface area (Å²) in [6.45, 7) is -0.204. The van der Waals surface area contributed by atoms with Gasteiger partial charge in [0.25, 0.3) is 0 Å². The zero-order chi connectivity index (χ0) is 7.11. The Hall–Kier alpha value is -1.32. The molecule has 0 unspecified atom stereocenters. The Morgan fingerprint density at radius 2 is 2.44 bits per heavy atom. The maximum atomic E-state index is 9.79. The van der Waals surface area contributed by atoms with Crippen LogP contribution >= 0.6 is 0 Å². The second-order valence-electron chi connectivity index (χ2n) is 1.27. The molecule has 0 radical (unpaired) electrons. The third-order valence-electron chi connectivity index (χ3n) is 0.529. The minimum Gasteiger partial charge on any atom is -0.480 e. The number of rotatable bonds is 3. The molecule has 0 saturated carbocycles. The molecule has 0 fully saturated rings. The van der Waals surface area contributed by atoms with Crippen LogP contribution in [-0.2, 0) is 4.79 Å². The second-order valence-corrected chi connectivity index (χ2v) is 1.27. The van der Waals surface area contributed by atoms with Gasteiger partial charge in [-0.3, -0.25) is 9.79 Å². The lowest BCUT2D eigenvalue weighted by Crippen LogP contribution is -1.98. The predicted molar refractivity (Wildman–Crippen MR) is 34.3 cm³/mol. The van der Waals surface area contributed by atoms with E-state index in [4.69, 9.17) is 10.8 Å². The average molecular weight is 128 g/mol. The molecular formula is C5H8N2O2. The molecule has 0 aliphatic rings. The fraction of sp³-hybridized carbons (Fsp3) is 0.200. The van der Waals surface area contributed by atoms with Crippen LogP contribution in [-0.4, -0.2) is 23.8 Å². The Bertz CT molecular complexity index is 140. The molecule has 0 saturated heterocycles. The van der Waals surface area contributed by atoms with E-state index in [-0.39, 0.29) is 6.54 Å². The van der Waals surface area contributed by atoms with Crippen molar-refractivity contribution in [2.24, 2.45) is 10.7 Å². The van der Waals surface area contributed by atoms with Gasteiger partial charge in [0.15, 0.2) is 0 Å². The molecule has 0 rings (SSSR count). The number of carboxylic acid groups (broad SMARTS) is 1. The molecule has 0 bridgehead atoms. The number of carbonyl (C=O) groups is 1. The van der Waals surface area contributed by atoms with E-state index in [0.717, 1.165) is 0 Å². The standard InChI is InChI=1S/C5H8N2O2/c6-2-1-3-7-4-5(8)9/h1-3H,4,6H2,(H,8,9). The van der Waals surface area contributed by atoms with Crippen molar-refractivity contribution in [3.05, 3.63) is 12.3 Å². The van der Waals surface area contributed by atoms with Crippen molar-refractivity contribution in [2.75, 3.05) is 6.54 Å². The van der Waals surface area contributed by atoms with Gasteiger partial charge in [-0.15, -0.1) is 0 Å². The van der Waals surface area contributed by atoms with Gasteiger partial charge in [0.2, 0.25) is 0 Å². The monoisotopic (exact) mass is 128 g/mol. The van der Waals surface area contributed by atoms with Crippen LogP contribution in [0.1, 0.15) is 0 Å². The normalized spacial score (nSPS) is 11.1. The second kappa shape index (κ2) is 4.83. The van der Waals surface area contributed by atoms with Crippen molar-refractivity contribution in [3.8, 4) is 0 Å². The molecule has 4 heteroatoms. The summed E-state index contributed by atoms with van der Waals surface area (Å²) in [7, 11) is 0. The maximum Gasteiger partial charge on any atom is 0.325 e. The number of aliphatic carboxylic acids is 1. The van der Waals surface area contributed by atoms with E-state index in [1.807, 2.05) is 0 Å². The van der Waals surface area contributed by atoms with Gasteiger partial charge >= 0.3 is 5.97 Å². The molecule has 0 aliphatic heterocycles. The quantitative estimate of drug-likeness (QED) is 0.508. The number of hydrogen-bond donors (Lipinski definition) is 2. The van der Waals surface area contributed by atoms with Crippen LogP contribution in [0.25, 0.3) is 0 Å². The molecule has 0 amide bonds. The summed E-state index contributed by atoms with van der Waals surface area (Å²) < 4.78 is 0. The Morgan fingerprint density at radius 3 is 2.89 bits per heavy atom. The van der Waals surface area contributed by atoms with Crippen LogP contribution in [0.15, 0.2) is 17.3 Å². The smallest absolute Gasteiger partial charge is 0.325 e. The fourth-order valence-corrected chi connectivity index (χ4v) is 0.241. The number of nitrogens with zero attached hydrogens (tertiary/aromatic N) is 1. The summed E-state index contributed by atoms with van der Waals surface area (Å²) >= 11 is 0. The van der Waals surface area contributed by atoms with Gasteiger partial charge in [-0.1, -0.05) is 0 Å². The molecule has 0 heterocycles. The number of allylic oxidation sites excluding steroid dienone is 1. The molecule has 0 aromatic rings. The van der Waals surface area contributed by atoms with E-state index in [0.29, 0.717) is 0 Å². The van der Waals surface area contributed by atoms with Crippen LogP contribution in [0.3, 0.4) is 0 Å². The number of hydrogen-bond acceptors (Lipinski definition) is 3. The molecule has 0 aromatic carbocycles. The van der Waals surface area contributed by atoms with E-state index < -0.39 is 5.97 Å². The summed E-state index contributed by atoms with van der Waals surface area (Å²) in [6.07, 6.45) is 4.09. The predicted octanol–water partition coefficient (Wildman–Crippen LogP) is -0.386. The summed E-state index contributed by atoms with van der Waals surface area (Å²) in [5, 5.41) is 8.04. The largest absolute Gasteiger partial charge is 0.480 e. The lowest BCUT2D eigenvalue weighted by atomic mass is 10.6. The van der Waals surface area contributed by atoms with Gasteiger partial charge in [0.05, 0.1) is 0 Å². The topological polar surface area (TPSA) is 75.7 Å². The first-order chi connectivity index (χ1) is 4.27. The molecule has 50 valence electrons. The van der Waals surface area contributed by atoms with Gasteiger partial charge in [-0.05, 0) is 12.3 Å². The number of aliphatic imine (C=N–C) groups is 1. The molecule has 4 nitrogen and oxygen atoms in total. The molecule has 0 aromatic heterocycles. The first-order valence-electron chi connectivity index (χ1n) is 2.36. The zero-order valence-electron chi connectivity index (χ0n) is 4.82. The maximum absolute atomic E-state index is 9.79. The van der Waals surface area contributed by atoms with E-state index in [1.54, 1.807) is 0 Å². The lowest BCUT2D eigenvalue weighted by molar-refractivity contribution is -0.135. The van der Waals surface area contributed by atoms with Crippen molar-refractivity contribution in [1.29, 1.82) is 0 Å². The van der Waals surface area contributed by atoms with Gasteiger partial charge in [0, 0.05) is 6.21 Å². The van der Waals surface area contributed by atoms with Crippen molar-refractivity contribution in [1.82, 2.24) is 0 Å². The first-order valence-corrected chi connectivity index (χ1v) is 2.36. The van der Waals surface area contributed by atoms with Crippen LogP contribution in [0, 0.1) is 0 Å². The Labute approximate surface area is 52.7 Å². The molecule has 3 N–H and O–H groups in total. The van der Waals surface area contributed by atoms with Crippen molar-refractivity contribution in [2.45, 2.75) is 0 Å². The average Bonchev–Trinajstić information content (AvgIpc) is 1.80. The third kappa shape index (κ3) is 6.68. The molecule has 9 heavy (non-hydrogen) atoms. The van der Waals surface area contributed by atoms with Gasteiger partial charge in [-0.25, -0.2) is 0 Å². The lowest BCUT2D eigenvalue weighted by Gasteiger charge is -1.79. The van der Waals surface area contributed by atoms with Gasteiger partial charge < -0.3 is 10.8 Å². The highest BCUT2D eigenvalue weighted by atomic mass is 16.4. The van der Waals surface area contributed by atoms with Crippen LogP contribution in [0.5, 0.6) is 0 Å². The van der Waals surface area contributed by atoms with Crippen LogP contribution in [0.2, 0.25) is 0 Å². The van der Waals surface area contributed by atoms with Crippen LogP contribution in [0.4, 0.5) is 0 Å². The SMILES string of the molecule is NC=CC=NCC(=O)O. The fourth-order valence-electron chi connectivity index (χ4n) is 0.241. The Balaban J connectivity index is 3.36. The minimum atomic E-state index is -0.948. The van der Waals surface area contributed by atoms with E-state index >= 15 is 0 Å². The van der Waals surface area contributed by atoms with Crippen LogP contribution < -0.4 is 5.73 Å². The van der Waals surface area contributed by atoms with Crippen molar-refractivity contribution >= 4 is 12.2 Å². The highest BCUT2D eigenvalue weighted by Gasteiger charge is 1.86. The highest BCUT2D eigenvalue weighted by molar-refractivity contribution is 5.76. The van der Waals surface area contributed by atoms with E-state index in [1.165, 1.54) is 18.5 Å². The van der Waals surface area contributed by atoms with E-state index in [2.05, 4.69) is 4.99 Å². The summed E-state index contributed by atoms with van der Waals surface area (Å²) in [5.74, 6) is -0.948.